The Labute approximate surface area is 118 Å². The molecule has 0 radical (unpaired) electrons. The van der Waals surface area contributed by atoms with Gasteiger partial charge in [-0.25, -0.2) is 0 Å². The highest BCUT2D eigenvalue weighted by Crippen LogP contribution is 2.23. The Morgan fingerprint density at radius 2 is 2.11 bits per heavy atom. The predicted molar refractivity (Wildman–Crippen MR) is 77.9 cm³/mol. The first-order valence-corrected chi connectivity index (χ1v) is 7.17. The largest absolute Gasteiger partial charge is 0.383 e. The molecule has 0 aliphatic rings. The van der Waals surface area contributed by atoms with E-state index in [2.05, 4.69) is 40.2 Å². The third kappa shape index (κ3) is 4.07. The number of aryl methyl sites for hydroxylation is 2. The molecule has 5 heteroatoms. The van der Waals surface area contributed by atoms with Gasteiger partial charge < -0.3 is 10.1 Å². The molecular weight excluding hydrogens is 294 g/mol. The SMILES string of the molecule is COCCNC(C)C(C)Cc1c(Br)c(C)nn1C. The molecule has 1 heterocycles. The second-order valence-electron chi connectivity index (χ2n) is 4.89. The van der Waals surface area contributed by atoms with Gasteiger partial charge in [-0.15, -0.1) is 0 Å². The number of aromatic nitrogens is 2. The summed E-state index contributed by atoms with van der Waals surface area (Å²) in [5, 5.41) is 7.91. The van der Waals surface area contributed by atoms with Gasteiger partial charge in [0.2, 0.25) is 0 Å². The molecule has 104 valence electrons. The standard InChI is InChI=1S/C13H24BrN3O/c1-9(10(2)15-6-7-18-5)8-12-13(14)11(3)16-17(12)4/h9-10,15H,6-8H2,1-5H3. The molecule has 1 rings (SSSR count). The second kappa shape index (κ2) is 7.26. The molecule has 2 unspecified atom stereocenters. The van der Waals surface area contributed by atoms with Crippen molar-refractivity contribution in [1.82, 2.24) is 15.1 Å². The quantitative estimate of drug-likeness (QED) is 0.784. The summed E-state index contributed by atoms with van der Waals surface area (Å²) in [6.45, 7) is 8.16. The van der Waals surface area contributed by atoms with E-state index in [-0.39, 0.29) is 0 Å². The van der Waals surface area contributed by atoms with Crippen LogP contribution in [0.2, 0.25) is 0 Å². The van der Waals surface area contributed by atoms with Crippen LogP contribution in [0, 0.1) is 12.8 Å². The number of hydrogen-bond donors (Lipinski definition) is 1. The molecule has 4 nitrogen and oxygen atoms in total. The monoisotopic (exact) mass is 317 g/mol. The third-order valence-corrected chi connectivity index (χ3v) is 4.43. The number of nitrogens with zero attached hydrogens (tertiary/aromatic N) is 2. The first-order valence-electron chi connectivity index (χ1n) is 6.37. The van der Waals surface area contributed by atoms with Crippen molar-refractivity contribution in [2.45, 2.75) is 33.2 Å². The lowest BCUT2D eigenvalue weighted by molar-refractivity contribution is 0.192. The lowest BCUT2D eigenvalue weighted by atomic mass is 9.97. The van der Waals surface area contributed by atoms with E-state index >= 15 is 0 Å². The molecule has 0 amide bonds. The van der Waals surface area contributed by atoms with Crippen LogP contribution < -0.4 is 5.32 Å². The third-order valence-electron chi connectivity index (χ3n) is 3.40. The molecule has 0 spiro atoms. The van der Waals surface area contributed by atoms with E-state index in [9.17, 15) is 0 Å². The van der Waals surface area contributed by atoms with Crippen LogP contribution in [-0.2, 0) is 18.2 Å². The predicted octanol–water partition coefficient (Wildman–Crippen LogP) is 2.29. The fourth-order valence-corrected chi connectivity index (χ4v) is 2.47. The minimum Gasteiger partial charge on any atom is -0.383 e. The Balaban J connectivity index is 2.55. The number of rotatable bonds is 7. The van der Waals surface area contributed by atoms with Crippen LogP contribution in [-0.4, -0.2) is 36.1 Å². The van der Waals surface area contributed by atoms with Crippen molar-refractivity contribution in [3.05, 3.63) is 15.9 Å². The molecule has 0 saturated carbocycles. The van der Waals surface area contributed by atoms with Crippen molar-refractivity contribution in [1.29, 1.82) is 0 Å². The smallest absolute Gasteiger partial charge is 0.0738 e. The van der Waals surface area contributed by atoms with Gasteiger partial charge in [-0.3, -0.25) is 4.68 Å². The van der Waals surface area contributed by atoms with E-state index in [0.29, 0.717) is 12.0 Å². The molecule has 18 heavy (non-hydrogen) atoms. The van der Waals surface area contributed by atoms with Crippen molar-refractivity contribution >= 4 is 15.9 Å². The van der Waals surface area contributed by atoms with Crippen LogP contribution in [0.3, 0.4) is 0 Å². The maximum atomic E-state index is 5.05. The molecule has 1 N–H and O–H groups in total. The highest BCUT2D eigenvalue weighted by atomic mass is 79.9. The average molecular weight is 318 g/mol. The summed E-state index contributed by atoms with van der Waals surface area (Å²) in [5.41, 5.74) is 2.32. The van der Waals surface area contributed by atoms with Crippen molar-refractivity contribution in [2.75, 3.05) is 20.3 Å². The summed E-state index contributed by atoms with van der Waals surface area (Å²) in [7, 11) is 3.73. The summed E-state index contributed by atoms with van der Waals surface area (Å²) in [6, 6.07) is 0.460. The topological polar surface area (TPSA) is 39.1 Å². The molecule has 0 aliphatic heterocycles. The molecule has 0 bridgehead atoms. The summed E-state index contributed by atoms with van der Waals surface area (Å²) < 4.78 is 8.16. The van der Waals surface area contributed by atoms with Crippen LogP contribution in [0.4, 0.5) is 0 Å². The van der Waals surface area contributed by atoms with E-state index in [4.69, 9.17) is 4.74 Å². The first kappa shape index (κ1) is 15.7. The summed E-state index contributed by atoms with van der Waals surface area (Å²) in [4.78, 5) is 0. The summed E-state index contributed by atoms with van der Waals surface area (Å²) in [6.07, 6.45) is 1.01. The van der Waals surface area contributed by atoms with E-state index in [1.54, 1.807) is 7.11 Å². The Morgan fingerprint density at radius 1 is 1.44 bits per heavy atom. The number of halogens is 1. The van der Waals surface area contributed by atoms with Gasteiger partial charge >= 0.3 is 0 Å². The van der Waals surface area contributed by atoms with Crippen molar-refractivity contribution in [3.8, 4) is 0 Å². The number of hydrogen-bond acceptors (Lipinski definition) is 3. The first-order chi connectivity index (χ1) is 8.47. The van der Waals surface area contributed by atoms with Crippen LogP contribution >= 0.6 is 15.9 Å². The van der Waals surface area contributed by atoms with Crippen molar-refractivity contribution in [2.24, 2.45) is 13.0 Å². The summed E-state index contributed by atoms with van der Waals surface area (Å²) in [5.74, 6) is 0.549. The Hall–Kier alpha value is -0.390. The zero-order valence-corrected chi connectivity index (χ0v) is 13.5. The Morgan fingerprint density at radius 3 is 2.61 bits per heavy atom. The zero-order chi connectivity index (χ0) is 13.7. The number of ether oxygens (including phenoxy) is 1. The van der Waals surface area contributed by atoms with Crippen molar-refractivity contribution < 1.29 is 4.74 Å². The molecule has 1 aromatic rings. The van der Waals surface area contributed by atoms with Gasteiger partial charge in [0.1, 0.15) is 0 Å². The Kier molecular flexibility index (Phi) is 6.32. The number of nitrogens with one attached hydrogen (secondary N) is 1. The zero-order valence-electron chi connectivity index (χ0n) is 12.0. The minimum atomic E-state index is 0.460. The van der Waals surface area contributed by atoms with E-state index in [1.807, 2.05) is 18.7 Å². The Bertz CT molecular complexity index is 379. The van der Waals surface area contributed by atoms with E-state index < -0.39 is 0 Å². The van der Waals surface area contributed by atoms with Crippen LogP contribution in [0.1, 0.15) is 25.2 Å². The average Bonchev–Trinajstić information content (AvgIpc) is 2.56. The van der Waals surface area contributed by atoms with E-state index in [0.717, 1.165) is 29.7 Å². The maximum absolute atomic E-state index is 5.05. The van der Waals surface area contributed by atoms with Gasteiger partial charge in [0.05, 0.1) is 22.5 Å². The van der Waals surface area contributed by atoms with Gasteiger partial charge in [0.15, 0.2) is 0 Å². The highest BCUT2D eigenvalue weighted by molar-refractivity contribution is 9.10. The van der Waals surface area contributed by atoms with Gasteiger partial charge in [-0.1, -0.05) is 6.92 Å². The van der Waals surface area contributed by atoms with Crippen LogP contribution in [0.25, 0.3) is 0 Å². The van der Waals surface area contributed by atoms with Crippen LogP contribution in [0.5, 0.6) is 0 Å². The number of methoxy groups -OCH3 is 1. The van der Waals surface area contributed by atoms with Gasteiger partial charge in [0, 0.05) is 26.7 Å². The molecular formula is C13H24BrN3O. The van der Waals surface area contributed by atoms with Gasteiger partial charge in [0.25, 0.3) is 0 Å². The highest BCUT2D eigenvalue weighted by Gasteiger charge is 2.17. The van der Waals surface area contributed by atoms with Crippen molar-refractivity contribution in [3.63, 3.8) is 0 Å². The second-order valence-corrected chi connectivity index (χ2v) is 5.68. The molecule has 0 fully saturated rings. The van der Waals surface area contributed by atoms with Crippen LogP contribution in [0.15, 0.2) is 4.47 Å². The lowest BCUT2D eigenvalue weighted by Crippen LogP contribution is -2.35. The maximum Gasteiger partial charge on any atom is 0.0738 e. The molecule has 0 aromatic carbocycles. The minimum absolute atomic E-state index is 0.460. The fourth-order valence-electron chi connectivity index (χ4n) is 1.97. The lowest BCUT2D eigenvalue weighted by Gasteiger charge is -2.21. The molecule has 0 aliphatic carbocycles. The summed E-state index contributed by atoms with van der Waals surface area (Å²) >= 11 is 3.62. The van der Waals surface area contributed by atoms with Gasteiger partial charge in [-0.05, 0) is 42.1 Å². The molecule has 2 atom stereocenters. The molecule has 1 aromatic heterocycles. The van der Waals surface area contributed by atoms with E-state index in [1.165, 1.54) is 5.69 Å². The molecule has 0 saturated heterocycles. The normalized spacial score (nSPS) is 14.8. The van der Waals surface area contributed by atoms with Gasteiger partial charge in [-0.2, -0.15) is 5.10 Å². The fraction of sp³-hybridized carbons (Fsp3) is 0.769.